The van der Waals surface area contributed by atoms with Crippen molar-refractivity contribution in [2.24, 2.45) is 13.0 Å². The Hall–Kier alpha value is -3.03. The molecule has 3 aromatic heterocycles. The summed E-state index contributed by atoms with van der Waals surface area (Å²) in [4.78, 5) is 20.2. The lowest BCUT2D eigenvalue weighted by atomic mass is 9.98. The lowest BCUT2D eigenvalue weighted by Crippen LogP contribution is -2.39. The summed E-state index contributed by atoms with van der Waals surface area (Å²) in [6.45, 7) is 6.86. The van der Waals surface area contributed by atoms with Crippen molar-refractivity contribution < 1.29 is 0 Å². The van der Waals surface area contributed by atoms with E-state index in [2.05, 4.69) is 37.2 Å². The molecule has 3 aromatic rings. The standard InChI is InChI=1S/C20H26N8/c1-14-18(15(2)27(3)26-14)17-7-10-21-19(25-17)24-12-16-6-4-11-28(13-16)20-22-8-5-9-23-20/h5,7-10,16H,4,6,11-13H2,1-3H3,(H,21,24,25)/t16-/m1/s1. The van der Waals surface area contributed by atoms with Crippen molar-refractivity contribution in [1.29, 1.82) is 0 Å². The van der Waals surface area contributed by atoms with E-state index in [1.165, 1.54) is 6.42 Å². The highest BCUT2D eigenvalue weighted by Gasteiger charge is 2.22. The van der Waals surface area contributed by atoms with Gasteiger partial charge in [-0.05, 0) is 44.7 Å². The van der Waals surface area contributed by atoms with E-state index in [1.807, 2.05) is 37.0 Å². The van der Waals surface area contributed by atoms with Crippen LogP contribution >= 0.6 is 0 Å². The summed E-state index contributed by atoms with van der Waals surface area (Å²) >= 11 is 0. The fourth-order valence-electron chi connectivity index (χ4n) is 3.83. The molecular formula is C20H26N8. The second-order valence-corrected chi connectivity index (χ2v) is 7.32. The zero-order valence-electron chi connectivity index (χ0n) is 16.6. The van der Waals surface area contributed by atoms with Gasteiger partial charge in [-0.1, -0.05) is 0 Å². The molecule has 8 heteroatoms. The minimum atomic E-state index is 0.506. The fourth-order valence-corrected chi connectivity index (χ4v) is 3.83. The Morgan fingerprint density at radius 2 is 1.96 bits per heavy atom. The van der Waals surface area contributed by atoms with Crippen LogP contribution in [0.2, 0.25) is 0 Å². The van der Waals surface area contributed by atoms with Gasteiger partial charge in [0.15, 0.2) is 0 Å². The summed E-state index contributed by atoms with van der Waals surface area (Å²) in [6.07, 6.45) is 7.72. The maximum atomic E-state index is 4.73. The molecule has 146 valence electrons. The third-order valence-electron chi connectivity index (χ3n) is 5.32. The highest BCUT2D eigenvalue weighted by atomic mass is 15.3. The number of hydrogen-bond acceptors (Lipinski definition) is 7. The van der Waals surface area contributed by atoms with Gasteiger partial charge >= 0.3 is 0 Å². The first-order valence-corrected chi connectivity index (χ1v) is 9.71. The van der Waals surface area contributed by atoms with E-state index in [4.69, 9.17) is 4.98 Å². The third-order valence-corrected chi connectivity index (χ3v) is 5.32. The molecule has 0 unspecified atom stereocenters. The molecule has 0 bridgehead atoms. The predicted molar refractivity (Wildman–Crippen MR) is 109 cm³/mol. The summed E-state index contributed by atoms with van der Waals surface area (Å²) < 4.78 is 1.89. The number of hydrogen-bond donors (Lipinski definition) is 1. The van der Waals surface area contributed by atoms with Crippen LogP contribution in [0.15, 0.2) is 30.7 Å². The van der Waals surface area contributed by atoms with Crippen LogP contribution < -0.4 is 10.2 Å². The molecule has 0 aromatic carbocycles. The lowest BCUT2D eigenvalue weighted by molar-refractivity contribution is 0.427. The Bertz CT molecular complexity index is 937. The highest BCUT2D eigenvalue weighted by Crippen LogP contribution is 2.25. The van der Waals surface area contributed by atoms with Crippen LogP contribution in [0, 0.1) is 19.8 Å². The molecule has 0 radical (unpaired) electrons. The molecule has 1 aliphatic rings. The number of nitrogens with one attached hydrogen (secondary N) is 1. The molecule has 0 aliphatic carbocycles. The van der Waals surface area contributed by atoms with E-state index in [1.54, 1.807) is 12.4 Å². The number of anilines is 2. The first-order chi connectivity index (χ1) is 13.6. The largest absolute Gasteiger partial charge is 0.354 e. The van der Waals surface area contributed by atoms with Crippen LogP contribution in [-0.4, -0.2) is 49.4 Å². The van der Waals surface area contributed by atoms with Crippen LogP contribution in [0.4, 0.5) is 11.9 Å². The fraction of sp³-hybridized carbons (Fsp3) is 0.450. The van der Waals surface area contributed by atoms with Crippen molar-refractivity contribution in [3.05, 3.63) is 42.1 Å². The average molecular weight is 378 g/mol. The minimum absolute atomic E-state index is 0.506. The highest BCUT2D eigenvalue weighted by molar-refractivity contribution is 5.65. The smallest absolute Gasteiger partial charge is 0.225 e. The van der Waals surface area contributed by atoms with Crippen LogP contribution in [0.25, 0.3) is 11.3 Å². The van der Waals surface area contributed by atoms with Crippen LogP contribution in [0.1, 0.15) is 24.2 Å². The average Bonchev–Trinajstić information content (AvgIpc) is 2.99. The predicted octanol–water partition coefficient (Wildman–Crippen LogP) is 2.61. The van der Waals surface area contributed by atoms with Gasteiger partial charge in [-0.15, -0.1) is 0 Å². The van der Waals surface area contributed by atoms with Gasteiger partial charge in [-0.3, -0.25) is 4.68 Å². The molecule has 28 heavy (non-hydrogen) atoms. The van der Waals surface area contributed by atoms with Crippen molar-refractivity contribution in [2.45, 2.75) is 26.7 Å². The lowest BCUT2D eigenvalue weighted by Gasteiger charge is -2.32. The van der Waals surface area contributed by atoms with Crippen molar-refractivity contribution in [3.63, 3.8) is 0 Å². The number of aromatic nitrogens is 6. The van der Waals surface area contributed by atoms with E-state index < -0.39 is 0 Å². The molecule has 4 rings (SSSR count). The first-order valence-electron chi connectivity index (χ1n) is 9.71. The van der Waals surface area contributed by atoms with Crippen molar-refractivity contribution in [2.75, 3.05) is 29.9 Å². The minimum Gasteiger partial charge on any atom is -0.354 e. The summed E-state index contributed by atoms with van der Waals surface area (Å²) in [7, 11) is 1.96. The van der Waals surface area contributed by atoms with Gasteiger partial charge in [0.05, 0.1) is 11.4 Å². The Balaban J connectivity index is 1.43. The monoisotopic (exact) mass is 378 g/mol. The van der Waals surface area contributed by atoms with Gasteiger partial charge in [0.25, 0.3) is 0 Å². The molecule has 1 aliphatic heterocycles. The van der Waals surface area contributed by atoms with E-state index in [0.717, 1.165) is 54.6 Å². The summed E-state index contributed by atoms with van der Waals surface area (Å²) in [6, 6.07) is 3.79. The second-order valence-electron chi connectivity index (χ2n) is 7.32. The van der Waals surface area contributed by atoms with E-state index in [9.17, 15) is 0 Å². The molecule has 1 saturated heterocycles. The van der Waals surface area contributed by atoms with Gasteiger partial charge in [0.2, 0.25) is 11.9 Å². The Morgan fingerprint density at radius 1 is 1.14 bits per heavy atom. The van der Waals surface area contributed by atoms with Crippen molar-refractivity contribution in [1.82, 2.24) is 29.7 Å². The third kappa shape index (κ3) is 3.81. The van der Waals surface area contributed by atoms with Crippen LogP contribution in [0.3, 0.4) is 0 Å². The van der Waals surface area contributed by atoms with Crippen molar-refractivity contribution in [3.8, 4) is 11.3 Å². The van der Waals surface area contributed by atoms with E-state index >= 15 is 0 Å². The maximum absolute atomic E-state index is 4.73. The molecule has 4 heterocycles. The van der Waals surface area contributed by atoms with Crippen LogP contribution in [0.5, 0.6) is 0 Å². The topological polar surface area (TPSA) is 84.7 Å². The van der Waals surface area contributed by atoms with Gasteiger partial charge in [-0.2, -0.15) is 5.10 Å². The van der Waals surface area contributed by atoms with Crippen molar-refractivity contribution >= 4 is 11.9 Å². The Morgan fingerprint density at radius 3 is 2.71 bits per heavy atom. The maximum Gasteiger partial charge on any atom is 0.225 e. The molecule has 1 N–H and O–H groups in total. The summed E-state index contributed by atoms with van der Waals surface area (Å²) in [5, 5.41) is 7.92. The normalized spacial score (nSPS) is 17.0. The first kappa shape index (κ1) is 18.3. The van der Waals surface area contributed by atoms with E-state index in [-0.39, 0.29) is 0 Å². The molecule has 0 saturated carbocycles. The molecule has 0 amide bonds. The molecule has 1 atom stereocenters. The van der Waals surface area contributed by atoms with Gasteiger partial charge in [-0.25, -0.2) is 19.9 Å². The van der Waals surface area contributed by atoms with Gasteiger partial charge < -0.3 is 10.2 Å². The molecular weight excluding hydrogens is 352 g/mol. The van der Waals surface area contributed by atoms with Gasteiger partial charge in [0.1, 0.15) is 0 Å². The van der Waals surface area contributed by atoms with Gasteiger partial charge in [0, 0.05) is 56.5 Å². The number of nitrogens with zero attached hydrogens (tertiary/aromatic N) is 7. The number of piperidine rings is 1. The van der Waals surface area contributed by atoms with Crippen LogP contribution in [-0.2, 0) is 7.05 Å². The zero-order valence-corrected chi connectivity index (χ0v) is 16.6. The zero-order chi connectivity index (χ0) is 19.5. The molecule has 8 nitrogen and oxygen atoms in total. The quantitative estimate of drug-likeness (QED) is 0.730. The summed E-state index contributed by atoms with van der Waals surface area (Å²) in [5.41, 5.74) is 4.07. The molecule has 1 fully saturated rings. The second kappa shape index (κ2) is 7.92. The Labute approximate surface area is 165 Å². The van der Waals surface area contributed by atoms with E-state index in [0.29, 0.717) is 11.9 Å². The summed E-state index contributed by atoms with van der Waals surface area (Å²) in [5.74, 6) is 1.98. The molecule has 0 spiro atoms. The number of aryl methyl sites for hydroxylation is 2. The SMILES string of the molecule is Cc1nn(C)c(C)c1-c1ccnc(NC[C@H]2CCCN(c3ncccn3)C2)n1. The Kier molecular flexibility index (Phi) is 5.18. The number of rotatable bonds is 5.